The Labute approximate surface area is 225 Å². The summed E-state index contributed by atoms with van der Waals surface area (Å²) in [5.74, 6) is -0.563. The van der Waals surface area contributed by atoms with Crippen LogP contribution in [-0.4, -0.2) is 27.9 Å². The lowest BCUT2D eigenvalue weighted by Crippen LogP contribution is -2.57. The minimum atomic E-state index is -0.319. The van der Waals surface area contributed by atoms with E-state index in [0.29, 0.717) is 26.7 Å². The molecule has 2 amide bonds. The summed E-state index contributed by atoms with van der Waals surface area (Å²) in [6.45, 7) is 10.1. The van der Waals surface area contributed by atoms with Crippen molar-refractivity contribution < 1.29 is 9.59 Å². The monoisotopic (exact) mass is 574 g/mol. The molecule has 0 aliphatic heterocycles. The molecule has 35 heavy (non-hydrogen) atoms. The molecule has 0 aliphatic rings. The zero-order chi connectivity index (χ0) is 25.9. The molecule has 7 heteroatoms. The molecule has 0 saturated heterocycles. The van der Waals surface area contributed by atoms with Crippen LogP contribution in [0.2, 0.25) is 10.0 Å². The molecule has 4 nitrogen and oxygen atoms in total. The van der Waals surface area contributed by atoms with Crippen LogP contribution in [0.1, 0.15) is 59.5 Å². The molecule has 0 spiro atoms. The molecule has 1 unspecified atom stereocenters. The number of carbonyl (C=O) groups is 2. The Bertz CT molecular complexity index is 1220. The SMILES string of the molecule is Cc1cccc(C(=O)N(C(C)C(C)(C)C)N(Cc2ccc(Cl)cc2Cl)C(=O)c2ccc(Br)cc2)c1. The first-order valence-electron chi connectivity index (χ1n) is 11.3. The minimum Gasteiger partial charge on any atom is -0.267 e. The van der Waals surface area contributed by atoms with Gasteiger partial charge in [0.1, 0.15) is 0 Å². The first-order valence-corrected chi connectivity index (χ1v) is 12.8. The summed E-state index contributed by atoms with van der Waals surface area (Å²) in [5.41, 5.74) is 2.30. The summed E-state index contributed by atoms with van der Waals surface area (Å²) in [6.07, 6.45) is 0. The van der Waals surface area contributed by atoms with E-state index in [-0.39, 0.29) is 29.8 Å². The third kappa shape index (κ3) is 6.66. The third-order valence-electron chi connectivity index (χ3n) is 6.01. The Morgan fingerprint density at radius 1 is 0.914 bits per heavy atom. The van der Waals surface area contributed by atoms with Gasteiger partial charge in [-0.2, -0.15) is 0 Å². The molecule has 0 radical (unpaired) electrons. The molecule has 3 aromatic carbocycles. The van der Waals surface area contributed by atoms with Gasteiger partial charge in [-0.25, -0.2) is 10.0 Å². The van der Waals surface area contributed by atoms with Gasteiger partial charge in [-0.1, -0.05) is 83.7 Å². The zero-order valence-corrected chi connectivity index (χ0v) is 23.6. The van der Waals surface area contributed by atoms with E-state index in [1.165, 1.54) is 5.01 Å². The number of rotatable bonds is 5. The number of aryl methyl sites for hydroxylation is 1. The van der Waals surface area contributed by atoms with E-state index >= 15 is 0 Å². The van der Waals surface area contributed by atoms with Gasteiger partial charge in [0, 0.05) is 25.6 Å². The van der Waals surface area contributed by atoms with Gasteiger partial charge in [0.25, 0.3) is 11.8 Å². The van der Waals surface area contributed by atoms with Crippen LogP contribution < -0.4 is 0 Å². The summed E-state index contributed by atoms with van der Waals surface area (Å²) in [4.78, 5) is 28.0. The fourth-order valence-corrected chi connectivity index (χ4v) is 4.30. The molecule has 0 N–H and O–H groups in total. The van der Waals surface area contributed by atoms with Crippen molar-refractivity contribution in [2.45, 2.75) is 47.2 Å². The lowest BCUT2D eigenvalue weighted by atomic mass is 9.87. The molecular formula is C28H29BrCl2N2O2. The number of hydrazine groups is 1. The number of hydrogen-bond acceptors (Lipinski definition) is 2. The Balaban J connectivity index is 2.17. The van der Waals surface area contributed by atoms with Crippen molar-refractivity contribution >= 4 is 50.9 Å². The number of nitrogens with zero attached hydrogens (tertiary/aromatic N) is 2. The minimum absolute atomic E-state index is 0.100. The molecule has 0 aliphatic carbocycles. The average Bonchev–Trinajstić information content (AvgIpc) is 2.79. The number of amides is 2. The predicted molar refractivity (Wildman–Crippen MR) is 147 cm³/mol. The van der Waals surface area contributed by atoms with Gasteiger partial charge in [-0.3, -0.25) is 9.59 Å². The van der Waals surface area contributed by atoms with Crippen LogP contribution in [0.15, 0.2) is 71.2 Å². The van der Waals surface area contributed by atoms with Crippen molar-refractivity contribution in [2.75, 3.05) is 0 Å². The van der Waals surface area contributed by atoms with E-state index in [2.05, 4.69) is 15.9 Å². The maximum absolute atomic E-state index is 14.0. The maximum Gasteiger partial charge on any atom is 0.272 e. The largest absolute Gasteiger partial charge is 0.272 e. The van der Waals surface area contributed by atoms with Crippen molar-refractivity contribution in [2.24, 2.45) is 5.41 Å². The highest BCUT2D eigenvalue weighted by atomic mass is 79.9. The van der Waals surface area contributed by atoms with Crippen molar-refractivity contribution in [1.29, 1.82) is 0 Å². The second-order valence-electron chi connectivity index (χ2n) is 9.67. The Hall–Kier alpha value is -2.34. The van der Waals surface area contributed by atoms with Gasteiger partial charge in [-0.05, 0) is 73.4 Å². The van der Waals surface area contributed by atoms with E-state index in [9.17, 15) is 9.59 Å². The van der Waals surface area contributed by atoms with Crippen LogP contribution in [0.4, 0.5) is 0 Å². The predicted octanol–water partition coefficient (Wildman–Crippen LogP) is 8.20. The molecule has 184 valence electrons. The first-order chi connectivity index (χ1) is 16.4. The molecule has 3 rings (SSSR count). The molecule has 0 aromatic heterocycles. The summed E-state index contributed by atoms with van der Waals surface area (Å²) in [7, 11) is 0. The Morgan fingerprint density at radius 3 is 2.14 bits per heavy atom. The van der Waals surface area contributed by atoms with Crippen molar-refractivity contribution in [3.63, 3.8) is 0 Å². The van der Waals surface area contributed by atoms with E-state index in [4.69, 9.17) is 23.2 Å². The zero-order valence-electron chi connectivity index (χ0n) is 20.5. The smallest absolute Gasteiger partial charge is 0.267 e. The molecule has 0 saturated carbocycles. The highest BCUT2D eigenvalue weighted by Crippen LogP contribution is 2.31. The van der Waals surface area contributed by atoms with Crippen LogP contribution in [0.5, 0.6) is 0 Å². The Morgan fingerprint density at radius 2 is 1.57 bits per heavy atom. The van der Waals surface area contributed by atoms with Crippen LogP contribution in [0, 0.1) is 12.3 Å². The third-order valence-corrected chi connectivity index (χ3v) is 7.13. The molecular weight excluding hydrogens is 547 g/mol. The van der Waals surface area contributed by atoms with Gasteiger partial charge in [0.05, 0.1) is 12.6 Å². The molecule has 0 heterocycles. The summed E-state index contributed by atoms with van der Waals surface area (Å²) >= 11 is 16.0. The van der Waals surface area contributed by atoms with Gasteiger partial charge < -0.3 is 0 Å². The quantitative estimate of drug-likeness (QED) is 0.288. The second kappa shape index (κ2) is 11.2. The van der Waals surface area contributed by atoms with Gasteiger partial charge >= 0.3 is 0 Å². The fraction of sp³-hybridized carbons (Fsp3) is 0.286. The number of hydrogen-bond donors (Lipinski definition) is 0. The van der Waals surface area contributed by atoms with E-state index in [0.717, 1.165) is 10.0 Å². The van der Waals surface area contributed by atoms with Crippen LogP contribution >= 0.6 is 39.1 Å². The maximum atomic E-state index is 14.0. The highest BCUT2D eigenvalue weighted by Gasteiger charge is 2.37. The number of carbonyl (C=O) groups excluding carboxylic acids is 2. The number of halogens is 3. The van der Waals surface area contributed by atoms with Crippen molar-refractivity contribution in [3.8, 4) is 0 Å². The lowest BCUT2D eigenvalue weighted by molar-refractivity contribution is -0.0463. The fourth-order valence-electron chi connectivity index (χ4n) is 3.57. The normalized spacial score (nSPS) is 12.2. The number of benzene rings is 3. The molecule has 1 atom stereocenters. The lowest BCUT2D eigenvalue weighted by Gasteiger charge is -2.44. The van der Waals surface area contributed by atoms with Crippen LogP contribution in [-0.2, 0) is 6.54 Å². The molecule has 0 fully saturated rings. The molecule has 0 bridgehead atoms. The topological polar surface area (TPSA) is 40.6 Å². The standard InChI is InChI=1S/C28H29BrCl2N2O2/c1-18-7-6-8-21(15-18)27(35)33(19(2)28(3,4)5)32(17-22-11-14-24(30)16-25(22)31)26(34)20-9-12-23(29)13-10-20/h6-16,19H,17H2,1-5H3. The first kappa shape index (κ1) is 27.3. The van der Waals surface area contributed by atoms with Gasteiger partial charge in [-0.15, -0.1) is 0 Å². The summed E-state index contributed by atoms with van der Waals surface area (Å²) in [6, 6.07) is 19.3. The molecule has 3 aromatic rings. The van der Waals surface area contributed by atoms with Crippen molar-refractivity contribution in [3.05, 3.63) is 104 Å². The van der Waals surface area contributed by atoms with E-state index in [1.807, 2.05) is 52.8 Å². The second-order valence-corrected chi connectivity index (χ2v) is 11.4. The van der Waals surface area contributed by atoms with Gasteiger partial charge in [0.15, 0.2) is 0 Å². The average molecular weight is 576 g/mol. The Kier molecular flexibility index (Phi) is 8.68. The van der Waals surface area contributed by atoms with E-state index in [1.54, 1.807) is 53.5 Å². The van der Waals surface area contributed by atoms with Crippen LogP contribution in [0.25, 0.3) is 0 Å². The summed E-state index contributed by atoms with van der Waals surface area (Å²) in [5, 5.41) is 4.00. The summed E-state index contributed by atoms with van der Waals surface area (Å²) < 4.78 is 0.858. The van der Waals surface area contributed by atoms with Crippen molar-refractivity contribution in [1.82, 2.24) is 10.0 Å². The van der Waals surface area contributed by atoms with E-state index < -0.39 is 0 Å². The highest BCUT2D eigenvalue weighted by molar-refractivity contribution is 9.10. The van der Waals surface area contributed by atoms with Crippen LogP contribution in [0.3, 0.4) is 0 Å². The van der Waals surface area contributed by atoms with Gasteiger partial charge in [0.2, 0.25) is 0 Å².